The van der Waals surface area contributed by atoms with Crippen LogP contribution in [0.3, 0.4) is 0 Å². The summed E-state index contributed by atoms with van der Waals surface area (Å²) in [7, 11) is 1.67. The van der Waals surface area contributed by atoms with Crippen molar-refractivity contribution >= 4 is 5.96 Å². The molecule has 0 saturated carbocycles. The van der Waals surface area contributed by atoms with Crippen LogP contribution < -0.4 is 10.1 Å². The second-order valence-electron chi connectivity index (χ2n) is 7.91. The molecule has 3 heterocycles. The highest BCUT2D eigenvalue weighted by molar-refractivity contribution is 5.80. The van der Waals surface area contributed by atoms with Crippen LogP contribution in [0, 0.1) is 5.92 Å². The van der Waals surface area contributed by atoms with E-state index in [0.717, 1.165) is 49.1 Å². The molecule has 1 aliphatic rings. The van der Waals surface area contributed by atoms with Crippen LogP contribution in [0.2, 0.25) is 0 Å². The van der Waals surface area contributed by atoms with Gasteiger partial charge in [0.1, 0.15) is 5.75 Å². The van der Waals surface area contributed by atoms with E-state index in [0.29, 0.717) is 18.5 Å². The van der Waals surface area contributed by atoms with Gasteiger partial charge in [-0.25, -0.2) is 14.7 Å². The lowest BCUT2D eigenvalue weighted by Gasteiger charge is -2.39. The first kappa shape index (κ1) is 21.0. The van der Waals surface area contributed by atoms with Crippen LogP contribution in [0.4, 0.5) is 0 Å². The zero-order valence-corrected chi connectivity index (χ0v) is 18.5. The molecule has 3 aromatic rings. The summed E-state index contributed by atoms with van der Waals surface area (Å²) in [6.07, 6.45) is 8.92. The maximum atomic E-state index is 5.23. The van der Waals surface area contributed by atoms with Gasteiger partial charge < -0.3 is 19.5 Å². The Balaban J connectivity index is 1.46. The van der Waals surface area contributed by atoms with Gasteiger partial charge in [0.05, 0.1) is 37.4 Å². The maximum absolute atomic E-state index is 5.23. The lowest BCUT2D eigenvalue weighted by Crippen LogP contribution is -2.49. The summed E-state index contributed by atoms with van der Waals surface area (Å²) in [5.41, 5.74) is 1.93. The van der Waals surface area contributed by atoms with E-state index < -0.39 is 0 Å². The van der Waals surface area contributed by atoms with Crippen LogP contribution in [-0.4, -0.2) is 56.9 Å². The minimum Gasteiger partial charge on any atom is -0.497 e. The zero-order valence-electron chi connectivity index (χ0n) is 18.5. The summed E-state index contributed by atoms with van der Waals surface area (Å²) in [5.74, 6) is 2.38. The van der Waals surface area contributed by atoms with Gasteiger partial charge in [-0.15, -0.1) is 0 Å². The molecule has 8 heteroatoms. The summed E-state index contributed by atoms with van der Waals surface area (Å²) in [5, 5.41) is 8.15. The smallest absolute Gasteiger partial charge is 0.194 e. The van der Waals surface area contributed by atoms with Crippen LogP contribution in [0.25, 0.3) is 5.69 Å². The van der Waals surface area contributed by atoms with Crippen LogP contribution >= 0.6 is 0 Å². The number of benzene rings is 1. The first-order valence-corrected chi connectivity index (χ1v) is 10.9. The molecule has 0 spiro atoms. The van der Waals surface area contributed by atoms with Crippen molar-refractivity contribution in [3.63, 3.8) is 0 Å². The normalized spacial score (nSPS) is 19.5. The Hall–Kier alpha value is -3.29. The monoisotopic (exact) mass is 421 g/mol. The van der Waals surface area contributed by atoms with Crippen LogP contribution in [-0.2, 0) is 6.54 Å². The van der Waals surface area contributed by atoms with Crippen molar-refractivity contribution in [2.24, 2.45) is 10.9 Å². The van der Waals surface area contributed by atoms with Crippen molar-refractivity contribution < 1.29 is 4.74 Å². The second-order valence-corrected chi connectivity index (χ2v) is 7.91. The topological polar surface area (TPSA) is 72.5 Å². The van der Waals surface area contributed by atoms with Gasteiger partial charge in [-0.05, 0) is 49.6 Å². The van der Waals surface area contributed by atoms with Gasteiger partial charge >= 0.3 is 0 Å². The molecule has 0 amide bonds. The maximum Gasteiger partial charge on any atom is 0.194 e. The fourth-order valence-electron chi connectivity index (χ4n) is 4.00. The largest absolute Gasteiger partial charge is 0.497 e. The van der Waals surface area contributed by atoms with Crippen LogP contribution in [0.5, 0.6) is 5.75 Å². The number of imidazole rings is 1. The van der Waals surface area contributed by atoms with Gasteiger partial charge in [-0.1, -0.05) is 6.92 Å². The average Bonchev–Trinajstić information content (AvgIpc) is 3.50. The van der Waals surface area contributed by atoms with Gasteiger partial charge in [-0.2, -0.15) is 5.10 Å². The molecule has 1 aliphatic heterocycles. The molecule has 0 aliphatic carbocycles. The Morgan fingerprint density at radius 3 is 2.77 bits per heavy atom. The third-order valence-corrected chi connectivity index (χ3v) is 5.83. The van der Waals surface area contributed by atoms with Crippen molar-refractivity contribution in [2.45, 2.75) is 32.9 Å². The Labute approximate surface area is 183 Å². The highest BCUT2D eigenvalue weighted by atomic mass is 16.5. The Bertz CT molecular complexity index is 978. The molecule has 1 aromatic carbocycles. The summed E-state index contributed by atoms with van der Waals surface area (Å²) < 4.78 is 9.32. The molecular formula is C23H31N7O. The van der Waals surface area contributed by atoms with Crippen molar-refractivity contribution in [3.05, 3.63) is 60.9 Å². The zero-order chi connectivity index (χ0) is 21.6. The summed E-state index contributed by atoms with van der Waals surface area (Å²) in [6, 6.07) is 10.3. The lowest BCUT2D eigenvalue weighted by atomic mass is 9.93. The summed E-state index contributed by atoms with van der Waals surface area (Å²) in [4.78, 5) is 11.5. The number of hydrogen-bond donors (Lipinski definition) is 1. The second kappa shape index (κ2) is 9.68. The van der Waals surface area contributed by atoms with Gasteiger partial charge in [0.25, 0.3) is 0 Å². The number of guanidine groups is 1. The van der Waals surface area contributed by atoms with E-state index in [-0.39, 0.29) is 0 Å². The van der Waals surface area contributed by atoms with Crippen LogP contribution in [0.1, 0.15) is 32.0 Å². The molecule has 164 valence electrons. The fraction of sp³-hybridized carbons (Fsp3) is 0.435. The van der Waals surface area contributed by atoms with E-state index in [1.807, 2.05) is 53.7 Å². The fourth-order valence-corrected chi connectivity index (χ4v) is 4.00. The molecule has 2 unspecified atom stereocenters. The van der Waals surface area contributed by atoms with E-state index in [1.54, 1.807) is 7.11 Å². The third-order valence-electron chi connectivity index (χ3n) is 5.83. The number of hydrogen-bond acceptors (Lipinski definition) is 4. The number of rotatable bonds is 6. The molecule has 1 saturated heterocycles. The van der Waals surface area contributed by atoms with Gasteiger partial charge in [0, 0.05) is 38.2 Å². The van der Waals surface area contributed by atoms with Crippen LogP contribution in [0.15, 0.2) is 60.2 Å². The molecule has 2 aromatic heterocycles. The predicted octanol–water partition coefficient (Wildman–Crippen LogP) is 3.13. The number of aromatic nitrogens is 4. The van der Waals surface area contributed by atoms with E-state index in [9.17, 15) is 0 Å². The first-order chi connectivity index (χ1) is 15.2. The summed E-state index contributed by atoms with van der Waals surface area (Å²) in [6.45, 7) is 7.71. The Morgan fingerprint density at radius 1 is 1.23 bits per heavy atom. The predicted molar refractivity (Wildman–Crippen MR) is 122 cm³/mol. The molecule has 0 radical (unpaired) electrons. The molecular weight excluding hydrogens is 390 g/mol. The average molecular weight is 422 g/mol. The first-order valence-electron chi connectivity index (χ1n) is 10.9. The van der Waals surface area contributed by atoms with E-state index in [1.165, 1.54) is 0 Å². The number of nitrogens with one attached hydrogen (secondary N) is 1. The van der Waals surface area contributed by atoms with Gasteiger partial charge in [0.2, 0.25) is 0 Å². The quantitative estimate of drug-likeness (QED) is 0.489. The SMILES string of the molecule is CCNC(=NCc1ccn(-c2ccc(OC)cc2)n1)N1CCC(C)C(n2ccnc2)C1. The number of ether oxygens (including phenoxy) is 1. The minimum atomic E-state index is 0.398. The van der Waals surface area contributed by atoms with Gasteiger partial charge in [0.15, 0.2) is 5.96 Å². The molecule has 1 N–H and O–H groups in total. The molecule has 0 bridgehead atoms. The number of nitrogens with zero attached hydrogens (tertiary/aromatic N) is 6. The van der Waals surface area contributed by atoms with E-state index in [2.05, 4.69) is 39.8 Å². The number of likely N-dealkylation sites (tertiary alicyclic amines) is 1. The Kier molecular flexibility index (Phi) is 6.54. The van der Waals surface area contributed by atoms with E-state index in [4.69, 9.17) is 14.8 Å². The van der Waals surface area contributed by atoms with E-state index >= 15 is 0 Å². The van der Waals surface area contributed by atoms with Crippen molar-refractivity contribution in [1.82, 2.24) is 29.5 Å². The molecule has 2 atom stereocenters. The number of aliphatic imine (C=N–C) groups is 1. The molecule has 31 heavy (non-hydrogen) atoms. The highest BCUT2D eigenvalue weighted by Crippen LogP contribution is 2.27. The minimum absolute atomic E-state index is 0.398. The molecule has 4 rings (SSSR count). The third kappa shape index (κ3) is 4.90. The van der Waals surface area contributed by atoms with Gasteiger partial charge in [-0.3, -0.25) is 0 Å². The molecule has 8 nitrogen and oxygen atoms in total. The highest BCUT2D eigenvalue weighted by Gasteiger charge is 2.28. The van der Waals surface area contributed by atoms with Crippen molar-refractivity contribution in [3.8, 4) is 11.4 Å². The number of methoxy groups -OCH3 is 1. The van der Waals surface area contributed by atoms with Crippen molar-refractivity contribution in [2.75, 3.05) is 26.7 Å². The number of piperidine rings is 1. The Morgan fingerprint density at radius 2 is 2.06 bits per heavy atom. The lowest BCUT2D eigenvalue weighted by molar-refractivity contribution is 0.189. The molecule has 1 fully saturated rings. The summed E-state index contributed by atoms with van der Waals surface area (Å²) >= 11 is 0. The van der Waals surface area contributed by atoms with Crippen molar-refractivity contribution in [1.29, 1.82) is 0 Å². The standard InChI is InChI=1S/C23H31N7O/c1-4-25-23(28-12-9-18(2)22(16-28)29-14-11-24-17-29)26-15-19-10-13-30(27-19)20-5-7-21(31-3)8-6-20/h5-8,10-11,13-14,17-18,22H,4,9,12,15-16H2,1-3H3,(H,25,26).